The molecule has 168 valence electrons. The normalized spacial score (nSPS) is 19.3. The lowest BCUT2D eigenvalue weighted by Crippen LogP contribution is -2.50. The number of anilines is 1. The van der Waals surface area contributed by atoms with Crippen LogP contribution in [0.1, 0.15) is 21.5 Å². The average molecular weight is 467 g/mol. The molecule has 0 N–H and O–H groups in total. The number of carbonyl (C=O) groups excluding carboxylic acids is 2. The smallest absolute Gasteiger partial charge is 0.268 e. The van der Waals surface area contributed by atoms with Crippen molar-refractivity contribution >= 4 is 29.3 Å². The number of ether oxygens (including phenoxy) is 1. The number of amides is 2. The Labute approximate surface area is 193 Å². The van der Waals surface area contributed by atoms with Gasteiger partial charge >= 0.3 is 0 Å². The predicted molar refractivity (Wildman–Crippen MR) is 122 cm³/mol. The van der Waals surface area contributed by atoms with Crippen LogP contribution in [0.25, 0.3) is 0 Å². The summed E-state index contributed by atoms with van der Waals surface area (Å²) in [6.07, 6.45) is 0. The lowest BCUT2D eigenvalue weighted by molar-refractivity contribution is -0.123. The van der Waals surface area contributed by atoms with E-state index in [1.807, 2.05) is 6.07 Å². The summed E-state index contributed by atoms with van der Waals surface area (Å²) >= 11 is 1.40. The van der Waals surface area contributed by atoms with Crippen molar-refractivity contribution in [3.63, 3.8) is 0 Å². The number of fused-ring (bicyclic) bond motifs is 2. The Kier molecular flexibility index (Phi) is 5.32. The van der Waals surface area contributed by atoms with Crippen LogP contribution in [0.5, 0.6) is 5.75 Å². The number of hydrogen-bond acceptors (Lipinski definition) is 4. The molecule has 0 radical (unpaired) electrons. The summed E-state index contributed by atoms with van der Waals surface area (Å²) in [6, 6.07) is 17.7. The molecule has 0 unspecified atom stereocenters. The highest BCUT2D eigenvalue weighted by molar-refractivity contribution is 8.01. The summed E-state index contributed by atoms with van der Waals surface area (Å²) in [5, 5.41) is 0. The summed E-state index contributed by atoms with van der Waals surface area (Å²) in [5.41, 5.74) is 2.22. The molecule has 8 heteroatoms. The van der Waals surface area contributed by atoms with Gasteiger partial charge in [0, 0.05) is 23.4 Å². The Morgan fingerprint density at radius 3 is 2.58 bits per heavy atom. The number of carbonyl (C=O) groups is 2. The third-order valence-corrected chi connectivity index (χ3v) is 7.41. The van der Waals surface area contributed by atoms with Gasteiger partial charge in [0.05, 0.1) is 19.3 Å². The van der Waals surface area contributed by atoms with Crippen molar-refractivity contribution in [3.05, 3.63) is 95.1 Å². The van der Waals surface area contributed by atoms with Crippen molar-refractivity contribution in [2.75, 3.05) is 24.3 Å². The molecule has 2 heterocycles. The van der Waals surface area contributed by atoms with Crippen molar-refractivity contribution in [1.82, 2.24) is 4.90 Å². The number of benzene rings is 3. The Hall–Kier alpha value is -3.39. The van der Waals surface area contributed by atoms with Crippen molar-refractivity contribution in [2.45, 2.75) is 11.4 Å². The van der Waals surface area contributed by atoms with Gasteiger partial charge in [-0.1, -0.05) is 24.3 Å². The minimum atomic E-state index is -1.25. The fraction of sp³-hybridized carbons (Fsp3) is 0.200. The average Bonchev–Trinajstić information content (AvgIpc) is 3.38. The monoisotopic (exact) mass is 466 g/mol. The zero-order chi connectivity index (χ0) is 23.2. The van der Waals surface area contributed by atoms with Crippen molar-refractivity contribution in [1.29, 1.82) is 0 Å². The van der Waals surface area contributed by atoms with Crippen LogP contribution in [0.3, 0.4) is 0 Å². The molecule has 1 fully saturated rings. The van der Waals surface area contributed by atoms with Gasteiger partial charge in [0.25, 0.3) is 11.8 Å². The molecule has 1 spiro atoms. The van der Waals surface area contributed by atoms with E-state index in [4.69, 9.17) is 4.74 Å². The largest absolute Gasteiger partial charge is 0.497 e. The fourth-order valence-corrected chi connectivity index (χ4v) is 5.89. The molecule has 0 saturated carbocycles. The van der Waals surface area contributed by atoms with Gasteiger partial charge in [-0.25, -0.2) is 8.78 Å². The van der Waals surface area contributed by atoms with Gasteiger partial charge in [-0.05, 0) is 48.0 Å². The summed E-state index contributed by atoms with van der Waals surface area (Å²) in [7, 11) is 1.54. The number of nitrogens with zero attached hydrogens (tertiary/aromatic N) is 2. The van der Waals surface area contributed by atoms with Crippen LogP contribution in [0.15, 0.2) is 66.7 Å². The summed E-state index contributed by atoms with van der Waals surface area (Å²) in [5.74, 6) is -1.30. The number of thioether (sulfide) groups is 1. The quantitative estimate of drug-likeness (QED) is 0.566. The van der Waals surface area contributed by atoms with Crippen molar-refractivity contribution in [2.24, 2.45) is 0 Å². The Bertz CT molecular complexity index is 1250. The second kappa shape index (κ2) is 8.19. The third kappa shape index (κ3) is 3.36. The first kappa shape index (κ1) is 21.5. The highest BCUT2D eigenvalue weighted by Gasteiger charge is 2.59. The maximum absolute atomic E-state index is 14.0. The standard InChI is InChI=1S/C25H20F2N2O3S/c1-32-18-8-10-22-19(14-18)25(24(31)28(22)15-16-7-9-20(26)21(27)13-16)29(11-12-33-25)23(30)17-5-3-2-4-6-17/h2-10,13-14H,11-12,15H2,1H3/t25-/m1/s1. The van der Waals surface area contributed by atoms with E-state index < -0.39 is 16.5 Å². The van der Waals surface area contributed by atoms with Crippen molar-refractivity contribution in [3.8, 4) is 5.75 Å². The van der Waals surface area contributed by atoms with Crippen LogP contribution in [0.4, 0.5) is 14.5 Å². The van der Waals surface area contributed by atoms with Crippen LogP contribution < -0.4 is 9.64 Å². The lowest BCUT2D eigenvalue weighted by atomic mass is 10.0. The van der Waals surface area contributed by atoms with E-state index in [2.05, 4.69) is 0 Å². The van der Waals surface area contributed by atoms with Gasteiger partial charge < -0.3 is 14.5 Å². The van der Waals surface area contributed by atoms with Crippen molar-refractivity contribution < 1.29 is 23.1 Å². The molecule has 3 aromatic rings. The lowest BCUT2D eigenvalue weighted by Gasteiger charge is -2.33. The molecule has 1 saturated heterocycles. The van der Waals surface area contributed by atoms with Gasteiger partial charge in [0.15, 0.2) is 16.5 Å². The van der Waals surface area contributed by atoms with Gasteiger partial charge in [0.2, 0.25) is 0 Å². The molecular formula is C25H20F2N2O3S. The second-order valence-electron chi connectivity index (χ2n) is 7.84. The van der Waals surface area contributed by atoms with E-state index in [-0.39, 0.29) is 18.4 Å². The maximum atomic E-state index is 14.0. The number of halogens is 2. The topological polar surface area (TPSA) is 49.9 Å². The van der Waals surface area contributed by atoms with E-state index in [9.17, 15) is 18.4 Å². The number of rotatable bonds is 4. The highest BCUT2D eigenvalue weighted by atomic mass is 32.2. The van der Waals surface area contributed by atoms with Gasteiger partial charge in [-0.3, -0.25) is 9.59 Å². The Morgan fingerprint density at radius 1 is 1.06 bits per heavy atom. The predicted octanol–water partition coefficient (Wildman–Crippen LogP) is 4.56. The summed E-state index contributed by atoms with van der Waals surface area (Å²) in [6.45, 7) is 0.449. The van der Waals surface area contributed by atoms with Gasteiger partial charge in [-0.2, -0.15) is 0 Å². The first-order valence-electron chi connectivity index (χ1n) is 10.4. The Balaban J connectivity index is 1.61. The maximum Gasteiger partial charge on any atom is 0.268 e. The summed E-state index contributed by atoms with van der Waals surface area (Å²) < 4.78 is 32.7. The number of methoxy groups -OCH3 is 1. The van der Waals surface area contributed by atoms with Crippen LogP contribution in [0, 0.1) is 11.6 Å². The van der Waals surface area contributed by atoms with E-state index in [1.54, 1.807) is 54.5 Å². The molecule has 2 aliphatic heterocycles. The molecule has 0 bridgehead atoms. The van der Waals surface area contributed by atoms with Crippen LogP contribution in [0.2, 0.25) is 0 Å². The molecule has 5 nitrogen and oxygen atoms in total. The van der Waals surface area contributed by atoms with Gasteiger partial charge in [-0.15, -0.1) is 11.8 Å². The van der Waals surface area contributed by atoms with Crippen LogP contribution >= 0.6 is 11.8 Å². The van der Waals surface area contributed by atoms with E-state index in [1.165, 1.54) is 22.7 Å². The second-order valence-corrected chi connectivity index (χ2v) is 9.13. The van der Waals surface area contributed by atoms with Crippen LogP contribution in [-0.2, 0) is 16.2 Å². The van der Waals surface area contributed by atoms with E-state index in [0.717, 1.165) is 12.1 Å². The molecular weight excluding hydrogens is 446 g/mol. The Morgan fingerprint density at radius 2 is 1.85 bits per heavy atom. The first-order valence-corrected chi connectivity index (χ1v) is 11.4. The molecule has 0 aromatic heterocycles. The first-order chi connectivity index (χ1) is 16.0. The van der Waals surface area contributed by atoms with Gasteiger partial charge in [0.1, 0.15) is 5.75 Å². The minimum absolute atomic E-state index is 0.0467. The third-order valence-electron chi connectivity index (χ3n) is 5.99. The molecule has 2 amide bonds. The molecule has 5 rings (SSSR count). The molecule has 3 aromatic carbocycles. The minimum Gasteiger partial charge on any atom is -0.497 e. The number of hydrogen-bond donors (Lipinski definition) is 0. The molecule has 2 aliphatic rings. The fourth-order valence-electron chi connectivity index (χ4n) is 4.44. The van der Waals surface area contributed by atoms with E-state index in [0.29, 0.717) is 40.4 Å². The summed E-state index contributed by atoms with van der Waals surface area (Å²) in [4.78, 5) is 29.4. The van der Waals surface area contributed by atoms with Crippen LogP contribution in [-0.4, -0.2) is 36.1 Å². The van der Waals surface area contributed by atoms with E-state index >= 15 is 0 Å². The zero-order valence-electron chi connectivity index (χ0n) is 17.8. The highest BCUT2D eigenvalue weighted by Crippen LogP contribution is 2.55. The molecule has 33 heavy (non-hydrogen) atoms. The zero-order valence-corrected chi connectivity index (χ0v) is 18.6. The molecule has 0 aliphatic carbocycles. The molecule has 1 atom stereocenters. The SMILES string of the molecule is COc1ccc2c(c1)[C@@]1(SCCN1C(=O)c1ccccc1)C(=O)N2Cc1ccc(F)c(F)c1.